The van der Waals surface area contributed by atoms with E-state index in [0.29, 0.717) is 11.3 Å². The minimum Gasteiger partial charge on any atom is -0.327 e. The number of benzene rings is 2. The number of thiocarbonyl (C=S) groups is 1. The van der Waals surface area contributed by atoms with Crippen molar-refractivity contribution >= 4 is 40.7 Å². The molecule has 0 unspecified atom stereocenters. The predicted molar refractivity (Wildman–Crippen MR) is 95.5 cm³/mol. The zero-order chi connectivity index (χ0) is 17.3. The molecule has 1 saturated heterocycles. The van der Waals surface area contributed by atoms with E-state index in [9.17, 15) is 14.9 Å². The van der Waals surface area contributed by atoms with Gasteiger partial charge in [0.1, 0.15) is 5.70 Å². The molecule has 1 fully saturated rings. The maximum atomic E-state index is 12.6. The summed E-state index contributed by atoms with van der Waals surface area (Å²) >= 11 is 5.25. The molecular weight excluding hydrogens is 326 g/mol. The standard InChI is InChI=1S/C17H13N3O3S/c1-11-4-2-6-13(8-11)19-16(21)15(18-17(19)24)10-12-5-3-7-14(9-12)20(22)23/h2-10H,1H3,(H,18,24)/b15-10+. The Morgan fingerprint density at radius 1 is 1.21 bits per heavy atom. The second kappa shape index (κ2) is 6.21. The number of carbonyl (C=O) groups excluding carboxylic acids is 1. The van der Waals surface area contributed by atoms with E-state index in [0.717, 1.165) is 5.56 Å². The van der Waals surface area contributed by atoms with Gasteiger partial charge in [-0.05, 0) is 48.5 Å². The van der Waals surface area contributed by atoms with Gasteiger partial charge in [-0.25, -0.2) is 0 Å². The van der Waals surface area contributed by atoms with Crippen LogP contribution in [0.15, 0.2) is 54.2 Å². The third-order valence-electron chi connectivity index (χ3n) is 3.53. The summed E-state index contributed by atoms with van der Waals surface area (Å²) in [5.74, 6) is -0.294. The van der Waals surface area contributed by atoms with Crippen LogP contribution in [0.4, 0.5) is 11.4 Å². The van der Waals surface area contributed by atoms with Crippen LogP contribution in [0.3, 0.4) is 0 Å². The molecule has 120 valence electrons. The van der Waals surface area contributed by atoms with Crippen LogP contribution in [-0.2, 0) is 4.79 Å². The van der Waals surface area contributed by atoms with Crippen molar-refractivity contribution in [2.45, 2.75) is 6.92 Å². The van der Waals surface area contributed by atoms with Gasteiger partial charge in [0.15, 0.2) is 5.11 Å². The number of hydrogen-bond donors (Lipinski definition) is 1. The summed E-state index contributed by atoms with van der Waals surface area (Å²) < 4.78 is 0. The molecule has 3 rings (SSSR count). The van der Waals surface area contributed by atoms with Gasteiger partial charge in [-0.2, -0.15) is 0 Å². The number of carbonyl (C=O) groups is 1. The van der Waals surface area contributed by atoms with E-state index in [-0.39, 0.29) is 22.4 Å². The Hall–Kier alpha value is -3.06. The number of nitrogens with one attached hydrogen (secondary N) is 1. The van der Waals surface area contributed by atoms with Crippen molar-refractivity contribution in [3.63, 3.8) is 0 Å². The van der Waals surface area contributed by atoms with Crippen molar-refractivity contribution in [2.75, 3.05) is 4.90 Å². The molecule has 1 N–H and O–H groups in total. The molecule has 1 amide bonds. The second-order valence-corrected chi connectivity index (χ2v) is 5.71. The van der Waals surface area contributed by atoms with Gasteiger partial charge in [-0.1, -0.05) is 24.3 Å². The molecule has 0 spiro atoms. The van der Waals surface area contributed by atoms with Crippen LogP contribution in [0.25, 0.3) is 6.08 Å². The molecule has 0 radical (unpaired) electrons. The molecule has 0 saturated carbocycles. The van der Waals surface area contributed by atoms with Crippen LogP contribution in [0, 0.1) is 17.0 Å². The lowest BCUT2D eigenvalue weighted by Crippen LogP contribution is -2.30. The summed E-state index contributed by atoms with van der Waals surface area (Å²) in [7, 11) is 0. The van der Waals surface area contributed by atoms with E-state index in [2.05, 4.69) is 5.32 Å². The Kier molecular flexibility index (Phi) is 4.09. The second-order valence-electron chi connectivity index (χ2n) is 5.32. The molecule has 2 aromatic rings. The first-order valence-electron chi connectivity index (χ1n) is 7.14. The van der Waals surface area contributed by atoms with E-state index in [1.165, 1.54) is 17.0 Å². The highest BCUT2D eigenvalue weighted by atomic mass is 32.1. The minimum atomic E-state index is -0.477. The van der Waals surface area contributed by atoms with Gasteiger partial charge < -0.3 is 5.32 Å². The lowest BCUT2D eigenvalue weighted by atomic mass is 10.1. The van der Waals surface area contributed by atoms with E-state index < -0.39 is 4.92 Å². The highest BCUT2D eigenvalue weighted by Gasteiger charge is 2.31. The van der Waals surface area contributed by atoms with Crippen LogP contribution in [0.5, 0.6) is 0 Å². The number of anilines is 1. The number of non-ortho nitro benzene ring substituents is 1. The molecule has 0 aromatic heterocycles. The van der Waals surface area contributed by atoms with Gasteiger partial charge in [0.25, 0.3) is 11.6 Å². The van der Waals surface area contributed by atoms with Crippen molar-refractivity contribution in [3.8, 4) is 0 Å². The highest BCUT2D eigenvalue weighted by molar-refractivity contribution is 7.80. The van der Waals surface area contributed by atoms with Crippen LogP contribution in [0.2, 0.25) is 0 Å². The molecule has 7 heteroatoms. The van der Waals surface area contributed by atoms with Gasteiger partial charge >= 0.3 is 0 Å². The third-order valence-corrected chi connectivity index (χ3v) is 3.81. The van der Waals surface area contributed by atoms with Gasteiger partial charge in [0.05, 0.1) is 10.6 Å². The van der Waals surface area contributed by atoms with Crippen LogP contribution < -0.4 is 10.2 Å². The zero-order valence-corrected chi connectivity index (χ0v) is 13.5. The minimum absolute atomic E-state index is 0.0343. The molecular formula is C17H13N3O3S. The van der Waals surface area contributed by atoms with Crippen molar-refractivity contribution < 1.29 is 9.72 Å². The lowest BCUT2D eigenvalue weighted by molar-refractivity contribution is -0.384. The van der Waals surface area contributed by atoms with Crippen molar-refractivity contribution in [3.05, 3.63) is 75.5 Å². The number of nitro benzene ring substituents is 1. The number of rotatable bonds is 3. The summed E-state index contributed by atoms with van der Waals surface area (Å²) in [6.45, 7) is 1.93. The summed E-state index contributed by atoms with van der Waals surface area (Å²) in [6.07, 6.45) is 1.55. The fourth-order valence-corrected chi connectivity index (χ4v) is 2.73. The summed E-state index contributed by atoms with van der Waals surface area (Å²) in [6, 6.07) is 13.5. The Bertz CT molecular complexity index is 892. The number of hydrogen-bond acceptors (Lipinski definition) is 4. The topological polar surface area (TPSA) is 75.5 Å². The lowest BCUT2D eigenvalue weighted by Gasteiger charge is -2.14. The van der Waals surface area contributed by atoms with E-state index >= 15 is 0 Å². The van der Waals surface area contributed by atoms with Crippen molar-refractivity contribution in [1.82, 2.24) is 5.32 Å². The smallest absolute Gasteiger partial charge is 0.281 e. The number of nitro groups is 1. The summed E-state index contributed by atoms with van der Waals surface area (Å²) in [4.78, 5) is 24.4. The number of nitrogens with zero attached hydrogens (tertiary/aromatic N) is 2. The maximum Gasteiger partial charge on any atom is 0.281 e. The largest absolute Gasteiger partial charge is 0.327 e. The maximum absolute atomic E-state index is 12.6. The molecule has 0 bridgehead atoms. The monoisotopic (exact) mass is 339 g/mol. The molecule has 0 aliphatic carbocycles. The average Bonchev–Trinajstić information content (AvgIpc) is 2.81. The van der Waals surface area contributed by atoms with Crippen LogP contribution >= 0.6 is 12.2 Å². The Morgan fingerprint density at radius 3 is 2.67 bits per heavy atom. The average molecular weight is 339 g/mol. The number of aryl methyl sites for hydroxylation is 1. The molecule has 6 nitrogen and oxygen atoms in total. The van der Waals surface area contributed by atoms with E-state index in [1.54, 1.807) is 24.3 Å². The normalized spacial score (nSPS) is 15.7. The summed E-state index contributed by atoms with van der Waals surface area (Å²) in [5.41, 5.74) is 2.49. The molecule has 1 aliphatic heterocycles. The highest BCUT2D eigenvalue weighted by Crippen LogP contribution is 2.24. The van der Waals surface area contributed by atoms with E-state index in [1.807, 2.05) is 25.1 Å². The quantitative estimate of drug-likeness (QED) is 0.402. The van der Waals surface area contributed by atoms with Crippen molar-refractivity contribution in [2.24, 2.45) is 0 Å². The molecule has 24 heavy (non-hydrogen) atoms. The van der Waals surface area contributed by atoms with Crippen LogP contribution in [-0.4, -0.2) is 15.9 Å². The summed E-state index contributed by atoms with van der Waals surface area (Å²) in [5, 5.41) is 14.0. The van der Waals surface area contributed by atoms with Crippen LogP contribution in [0.1, 0.15) is 11.1 Å². The van der Waals surface area contributed by atoms with E-state index in [4.69, 9.17) is 12.2 Å². The Labute approximate surface area is 143 Å². The zero-order valence-electron chi connectivity index (χ0n) is 12.7. The fourth-order valence-electron chi connectivity index (χ4n) is 2.43. The van der Waals surface area contributed by atoms with Gasteiger partial charge in [-0.3, -0.25) is 19.8 Å². The first-order chi connectivity index (χ1) is 11.5. The predicted octanol–water partition coefficient (Wildman–Crippen LogP) is 3.17. The van der Waals surface area contributed by atoms with Gasteiger partial charge in [0.2, 0.25) is 0 Å². The van der Waals surface area contributed by atoms with Crippen molar-refractivity contribution in [1.29, 1.82) is 0 Å². The molecule has 1 aliphatic rings. The Morgan fingerprint density at radius 2 is 1.96 bits per heavy atom. The third kappa shape index (κ3) is 3.02. The van der Waals surface area contributed by atoms with Gasteiger partial charge in [-0.15, -0.1) is 0 Å². The number of amides is 1. The first-order valence-corrected chi connectivity index (χ1v) is 7.55. The first kappa shape index (κ1) is 15.8. The van der Waals surface area contributed by atoms with Gasteiger partial charge in [0, 0.05) is 12.1 Å². The fraction of sp³-hybridized carbons (Fsp3) is 0.0588. The SMILES string of the molecule is Cc1cccc(N2C(=O)/C(=C\c3cccc([N+](=O)[O-])c3)NC2=S)c1. The Balaban J connectivity index is 1.94. The molecule has 2 aromatic carbocycles. The molecule has 0 atom stereocenters. The molecule has 1 heterocycles.